The number of hydrazone groups is 1. The quantitative estimate of drug-likeness (QED) is 0.0381. The summed E-state index contributed by atoms with van der Waals surface area (Å²) in [7, 11) is -10.8. The van der Waals surface area contributed by atoms with Gasteiger partial charge in [0.15, 0.2) is 5.36 Å². The van der Waals surface area contributed by atoms with Gasteiger partial charge in [-0.1, -0.05) is 6.07 Å². The van der Waals surface area contributed by atoms with E-state index in [4.69, 9.17) is 0 Å². The molecule has 4 N–H and O–H groups in total. The molecule has 0 unspecified atom stereocenters. The van der Waals surface area contributed by atoms with Crippen LogP contribution in [0, 0.1) is 20.2 Å². The van der Waals surface area contributed by atoms with E-state index < -0.39 is 84.7 Å². The Labute approximate surface area is 344 Å². The number of anilines is 3. The summed E-state index contributed by atoms with van der Waals surface area (Å²) in [6.45, 7) is 0. The van der Waals surface area contributed by atoms with Crippen LogP contribution in [0.15, 0.2) is 101 Å². The van der Waals surface area contributed by atoms with Crippen molar-refractivity contribution < 1.29 is 105 Å². The van der Waals surface area contributed by atoms with E-state index in [2.05, 4.69) is 26.2 Å². The van der Waals surface area contributed by atoms with Gasteiger partial charge in [-0.15, -0.1) is 0 Å². The first-order chi connectivity index (χ1) is 24.3. The van der Waals surface area contributed by atoms with Crippen LogP contribution in [0.5, 0.6) is 5.75 Å². The van der Waals surface area contributed by atoms with Crippen molar-refractivity contribution in [2.24, 2.45) is 15.3 Å². The maximum absolute atomic E-state index is 13.5. The minimum atomic E-state index is -5.45. The molecule has 266 valence electrons. The number of nitrogens with zero attached hydrogens (tertiary/aromatic N) is 5. The average molecular weight is 799 g/mol. The first-order valence-electron chi connectivity index (χ1n) is 13.7. The van der Waals surface area contributed by atoms with E-state index in [0.29, 0.717) is 6.07 Å². The fraction of sp³-hybridized carbons (Fsp3) is 0. The number of nitro groups is 2. The van der Waals surface area contributed by atoms with E-state index in [1.54, 1.807) is 0 Å². The summed E-state index contributed by atoms with van der Waals surface area (Å²) in [5.74, 6) is -2.49. The van der Waals surface area contributed by atoms with E-state index >= 15 is 0 Å². The first kappa shape index (κ1) is 43.4. The van der Waals surface area contributed by atoms with Crippen LogP contribution < -0.4 is 97.0 Å². The first-order valence-corrected chi connectivity index (χ1v) is 16.5. The number of carbonyl (C=O) groups excluding carboxylic acids is 1. The number of fused-ring (bicyclic) bond motifs is 1. The van der Waals surface area contributed by atoms with Crippen molar-refractivity contribution in [3.8, 4) is 5.75 Å². The van der Waals surface area contributed by atoms with Crippen molar-refractivity contribution in [2.45, 2.75) is 4.90 Å². The van der Waals surface area contributed by atoms with Gasteiger partial charge in [-0.25, -0.2) is 16.8 Å². The average Bonchev–Trinajstić information content (AvgIpc) is 3.07. The Morgan fingerprint density at radius 2 is 1.33 bits per heavy atom. The molecule has 0 atom stereocenters. The summed E-state index contributed by atoms with van der Waals surface area (Å²) in [5.41, 5.74) is 1.36. The zero-order valence-electron chi connectivity index (χ0n) is 27.2. The number of hydrogen-bond acceptors (Lipinski definition) is 20. The Hall–Kier alpha value is -5.02. The van der Waals surface area contributed by atoms with Crippen LogP contribution in [0.1, 0.15) is 15.9 Å². The molecule has 0 spiro atoms. The van der Waals surface area contributed by atoms with Crippen LogP contribution in [0.4, 0.5) is 28.4 Å². The smallest absolute Gasteiger partial charge is 0.744 e. The minimum Gasteiger partial charge on any atom is -0.744 e. The second-order valence-corrected chi connectivity index (χ2v) is 13.0. The number of Topliss-reactive ketones (excluding diaryl/α,β-unsaturated/α-hetero) is 1. The number of allylic oxidation sites excluding steroid dienone is 1. The molecule has 22 nitrogen and oxygen atoms in total. The fourth-order valence-electron chi connectivity index (χ4n) is 4.41. The van der Waals surface area contributed by atoms with Crippen LogP contribution in [-0.2, 0) is 20.2 Å². The SMILES string of the molecule is O=C1C(=NNc2cc(S(=O)(=O)[O-])cc([N+](=O)[O-])c2O)C(S(=O)(=O)[O-])=Cc2ccc(NN=c3ccc(=O)c(=NNc4ccc([N+](=O)[O-])cc4)c3=O)cc21.[Na+].[Na+]. The van der Waals surface area contributed by atoms with Crippen LogP contribution >= 0.6 is 0 Å². The van der Waals surface area contributed by atoms with Gasteiger partial charge in [-0.05, 0) is 54.1 Å². The normalized spacial score (nSPS) is 13.9. The standard InChI is InChI=1S/C28H18N8O14S2.2Na/c37-22-8-7-19(28(40)24(22)33-29-14-3-5-16(6-4-14)35(41)42)31-30-15-2-1-13-9-23(52(48,49)50)25(26(38)18(13)10-15)34-32-20-11-17(51(45,46)47)12-21(27(20)39)36(43)44;;/h1-12,29-30,32,39H,(H,45,46,47)(H,48,49,50);;/q;2*+1/p-2. The Morgan fingerprint density at radius 1 is 0.704 bits per heavy atom. The topological polar surface area (TPSA) is 345 Å². The van der Waals surface area contributed by atoms with Crippen LogP contribution in [0.25, 0.3) is 6.08 Å². The number of carbonyl (C=O) groups is 1. The van der Waals surface area contributed by atoms with Crippen LogP contribution in [0.3, 0.4) is 0 Å². The molecule has 26 heteroatoms. The molecule has 0 saturated heterocycles. The van der Waals surface area contributed by atoms with E-state index in [0.717, 1.165) is 36.4 Å². The van der Waals surface area contributed by atoms with E-state index in [1.807, 2.05) is 5.43 Å². The zero-order chi connectivity index (χ0) is 38.1. The summed E-state index contributed by atoms with van der Waals surface area (Å²) in [6, 6.07) is 11.2. The molecule has 0 aromatic heterocycles. The van der Waals surface area contributed by atoms with Crippen molar-refractivity contribution >= 4 is 66.2 Å². The molecule has 0 saturated carbocycles. The molecular formula is C28H16N8Na2O14S2. The van der Waals surface area contributed by atoms with Crippen molar-refractivity contribution in [3.05, 3.63) is 134 Å². The molecule has 54 heavy (non-hydrogen) atoms. The van der Waals surface area contributed by atoms with Gasteiger partial charge in [0, 0.05) is 23.8 Å². The van der Waals surface area contributed by atoms with Gasteiger partial charge in [0.2, 0.25) is 22.4 Å². The number of hydrogen-bond donors (Lipinski definition) is 4. The molecule has 0 bridgehead atoms. The van der Waals surface area contributed by atoms with E-state index in [1.165, 1.54) is 24.3 Å². The third-order valence-corrected chi connectivity index (χ3v) is 8.56. The van der Waals surface area contributed by atoms with Crippen molar-refractivity contribution in [1.82, 2.24) is 0 Å². The molecule has 0 fully saturated rings. The number of ketones is 1. The maximum Gasteiger partial charge on any atom is 1.00 e. The number of non-ortho nitro benzene ring substituents is 1. The monoisotopic (exact) mass is 798 g/mol. The van der Waals surface area contributed by atoms with Gasteiger partial charge in [0.1, 0.15) is 37.0 Å². The third-order valence-electron chi connectivity index (χ3n) is 6.89. The number of phenols is 1. The molecule has 0 aliphatic heterocycles. The predicted molar refractivity (Wildman–Crippen MR) is 175 cm³/mol. The molecule has 0 heterocycles. The second-order valence-electron chi connectivity index (χ2n) is 10.2. The van der Waals surface area contributed by atoms with Gasteiger partial charge in [-0.3, -0.25) is 50.9 Å². The number of rotatable bonds is 10. The Bertz CT molecular complexity index is 2750. The Balaban J connectivity index is 0.00000392. The number of aromatic hydroxyl groups is 1. The molecule has 1 aliphatic carbocycles. The van der Waals surface area contributed by atoms with Crippen molar-refractivity contribution in [3.63, 3.8) is 0 Å². The largest absolute Gasteiger partial charge is 1.00 e. The zero-order valence-corrected chi connectivity index (χ0v) is 32.9. The predicted octanol–water partition coefficient (Wildman–Crippen LogP) is -5.88. The summed E-state index contributed by atoms with van der Waals surface area (Å²) in [6.07, 6.45) is 0.760. The number of nitrogens with one attached hydrogen (secondary N) is 3. The number of benzene rings is 4. The third kappa shape index (κ3) is 9.55. The summed E-state index contributed by atoms with van der Waals surface area (Å²) >= 11 is 0. The Morgan fingerprint density at radius 3 is 1.93 bits per heavy atom. The van der Waals surface area contributed by atoms with Crippen LogP contribution in [0.2, 0.25) is 0 Å². The molecule has 5 rings (SSSR count). The summed E-state index contributed by atoms with van der Waals surface area (Å²) < 4.78 is 70.7. The molecule has 0 amide bonds. The van der Waals surface area contributed by atoms with Gasteiger partial charge >= 0.3 is 64.8 Å². The molecule has 4 aromatic carbocycles. The van der Waals surface area contributed by atoms with Crippen molar-refractivity contribution in [1.29, 1.82) is 0 Å². The van der Waals surface area contributed by atoms with Gasteiger partial charge < -0.3 is 14.2 Å². The van der Waals surface area contributed by atoms with Gasteiger partial charge in [-0.2, -0.15) is 15.3 Å². The Kier molecular flexibility index (Phi) is 13.6. The van der Waals surface area contributed by atoms with E-state index in [9.17, 15) is 65.7 Å². The molecule has 4 aromatic rings. The number of phenolic OH excluding ortho intramolecular Hbond substituents is 1. The summed E-state index contributed by atoms with van der Waals surface area (Å²) in [5, 5.41) is 42.6. The van der Waals surface area contributed by atoms with Crippen LogP contribution in [-0.4, -0.2) is 52.4 Å². The second kappa shape index (κ2) is 17.0. The van der Waals surface area contributed by atoms with Gasteiger partial charge in [0.25, 0.3) is 5.69 Å². The molecular weight excluding hydrogens is 782 g/mol. The maximum atomic E-state index is 13.5. The summed E-state index contributed by atoms with van der Waals surface area (Å²) in [4.78, 5) is 56.6. The van der Waals surface area contributed by atoms with Crippen molar-refractivity contribution in [2.75, 3.05) is 16.3 Å². The van der Waals surface area contributed by atoms with E-state index in [-0.39, 0.29) is 98.7 Å². The molecule has 0 radical (unpaired) electrons. The number of nitro benzene ring substituents is 2. The van der Waals surface area contributed by atoms with Gasteiger partial charge in [0.05, 0.1) is 31.0 Å². The fourth-order valence-corrected chi connectivity index (χ4v) is 5.58. The molecule has 1 aliphatic rings. The minimum absolute atomic E-state index is 0.